The van der Waals surface area contributed by atoms with Crippen molar-refractivity contribution in [2.45, 2.75) is 19.8 Å². The van der Waals surface area contributed by atoms with Gasteiger partial charge in [0, 0.05) is 38.0 Å². The molecule has 0 amide bonds. The van der Waals surface area contributed by atoms with Crippen LogP contribution in [0.5, 0.6) is 5.75 Å². The lowest BCUT2D eigenvalue weighted by atomic mass is 10.1. The highest BCUT2D eigenvalue weighted by Crippen LogP contribution is 2.20. The van der Waals surface area contributed by atoms with Gasteiger partial charge in [-0.2, -0.15) is 9.61 Å². The van der Waals surface area contributed by atoms with Crippen molar-refractivity contribution >= 4 is 11.4 Å². The summed E-state index contributed by atoms with van der Waals surface area (Å²) in [5, 5.41) is 12.9. The average molecular weight is 474 g/mol. The van der Waals surface area contributed by atoms with Crippen LogP contribution in [-0.2, 0) is 11.2 Å². The molecule has 1 saturated heterocycles. The third kappa shape index (κ3) is 5.50. The molecule has 0 aliphatic carbocycles. The molecule has 1 aliphatic rings. The Bertz CT molecular complexity index is 1300. The molecular formula is C25H27N7O3. The second-order valence-corrected chi connectivity index (χ2v) is 8.30. The molecule has 0 unspecified atom stereocenters. The van der Waals surface area contributed by atoms with E-state index in [1.807, 2.05) is 31.2 Å². The summed E-state index contributed by atoms with van der Waals surface area (Å²) in [5.74, 6) is 1.91. The first kappa shape index (κ1) is 23.0. The van der Waals surface area contributed by atoms with Gasteiger partial charge in [-0.05, 0) is 23.8 Å². The Balaban J connectivity index is 1.25. The van der Waals surface area contributed by atoms with Crippen LogP contribution < -0.4 is 4.74 Å². The van der Waals surface area contributed by atoms with Gasteiger partial charge < -0.3 is 9.47 Å². The first-order valence-corrected chi connectivity index (χ1v) is 11.8. The summed E-state index contributed by atoms with van der Waals surface area (Å²) in [5.41, 5.74) is 2.93. The van der Waals surface area contributed by atoms with Crippen LogP contribution in [0.3, 0.4) is 0 Å². The van der Waals surface area contributed by atoms with Crippen molar-refractivity contribution in [2.24, 2.45) is 0 Å². The molecule has 0 saturated carbocycles. The van der Waals surface area contributed by atoms with Crippen molar-refractivity contribution < 1.29 is 14.3 Å². The fourth-order valence-corrected chi connectivity index (χ4v) is 3.93. The number of fused-ring (bicyclic) bond motifs is 1. The lowest BCUT2D eigenvalue weighted by molar-refractivity contribution is 0.0322. The van der Waals surface area contributed by atoms with Gasteiger partial charge in [-0.1, -0.05) is 25.1 Å². The van der Waals surface area contributed by atoms with E-state index in [0.717, 1.165) is 44.0 Å². The summed E-state index contributed by atoms with van der Waals surface area (Å²) < 4.78 is 12.8. The van der Waals surface area contributed by atoms with Gasteiger partial charge in [0.25, 0.3) is 0 Å². The monoisotopic (exact) mass is 473 g/mol. The van der Waals surface area contributed by atoms with Crippen molar-refractivity contribution in [3.63, 3.8) is 0 Å². The van der Waals surface area contributed by atoms with Crippen molar-refractivity contribution in [3.05, 3.63) is 65.9 Å². The Labute approximate surface area is 202 Å². The number of aromatic nitrogens is 6. The highest BCUT2D eigenvalue weighted by molar-refractivity contribution is 5.93. The Hall–Kier alpha value is -3.76. The number of hydrogen-bond donors (Lipinski definition) is 0. The molecule has 35 heavy (non-hydrogen) atoms. The largest absolute Gasteiger partial charge is 0.489 e. The van der Waals surface area contributed by atoms with Gasteiger partial charge in [-0.25, -0.2) is 9.97 Å². The smallest absolute Gasteiger partial charge is 0.182 e. The summed E-state index contributed by atoms with van der Waals surface area (Å²) in [6, 6.07) is 11.4. The number of ketones is 1. The molecule has 10 nitrogen and oxygen atoms in total. The van der Waals surface area contributed by atoms with Crippen LogP contribution in [0.25, 0.3) is 17.0 Å². The molecule has 5 rings (SSSR count). The zero-order chi connectivity index (χ0) is 24.0. The molecule has 0 bridgehead atoms. The Morgan fingerprint density at radius 3 is 2.71 bits per heavy atom. The van der Waals surface area contributed by atoms with Crippen LogP contribution in [0.4, 0.5) is 0 Å². The van der Waals surface area contributed by atoms with E-state index in [0.29, 0.717) is 48.2 Å². The SMILES string of the molecule is CCC(=O)c1ccc2nnc(Cc3cccc(-c4ncc(OCCN5CCOCC5)cn4)c3)n2n1. The van der Waals surface area contributed by atoms with E-state index in [-0.39, 0.29) is 5.78 Å². The van der Waals surface area contributed by atoms with Crippen LogP contribution in [0, 0.1) is 0 Å². The number of benzene rings is 1. The van der Waals surface area contributed by atoms with Crippen molar-refractivity contribution in [1.29, 1.82) is 0 Å². The molecule has 4 heterocycles. The molecule has 0 atom stereocenters. The van der Waals surface area contributed by atoms with Crippen LogP contribution in [0.2, 0.25) is 0 Å². The first-order valence-electron chi connectivity index (χ1n) is 11.8. The highest BCUT2D eigenvalue weighted by Gasteiger charge is 2.13. The minimum Gasteiger partial charge on any atom is -0.489 e. The normalized spacial score (nSPS) is 14.3. The zero-order valence-electron chi connectivity index (χ0n) is 19.6. The maximum atomic E-state index is 12.1. The van der Waals surface area contributed by atoms with Crippen molar-refractivity contribution in [1.82, 2.24) is 34.7 Å². The quantitative estimate of drug-likeness (QED) is 0.339. The zero-order valence-corrected chi connectivity index (χ0v) is 19.6. The molecule has 4 aromatic rings. The number of carbonyl (C=O) groups is 1. The summed E-state index contributed by atoms with van der Waals surface area (Å²) >= 11 is 0. The average Bonchev–Trinajstić information content (AvgIpc) is 3.31. The molecule has 0 spiro atoms. The van der Waals surface area contributed by atoms with E-state index >= 15 is 0 Å². The highest BCUT2D eigenvalue weighted by atomic mass is 16.5. The van der Waals surface area contributed by atoms with Gasteiger partial charge in [0.05, 0.1) is 25.6 Å². The van der Waals surface area contributed by atoms with Crippen molar-refractivity contribution in [2.75, 3.05) is 39.5 Å². The number of nitrogens with zero attached hydrogens (tertiary/aromatic N) is 7. The molecular weight excluding hydrogens is 446 g/mol. The molecule has 1 fully saturated rings. The Kier molecular flexibility index (Phi) is 7.01. The van der Waals surface area contributed by atoms with Gasteiger partial charge in [0.15, 0.2) is 28.8 Å². The number of carbonyl (C=O) groups excluding carboxylic acids is 1. The fourth-order valence-electron chi connectivity index (χ4n) is 3.93. The standard InChI is InChI=1S/C25H27N7O3/c1-2-22(33)21-6-7-23-28-29-24(32(23)30-21)15-18-4-3-5-19(14-18)25-26-16-20(17-27-25)35-13-10-31-8-11-34-12-9-31/h3-7,14,16-17H,2,8-13,15H2,1H3. The molecule has 180 valence electrons. The third-order valence-electron chi connectivity index (χ3n) is 5.89. The van der Waals surface area contributed by atoms with Gasteiger partial charge in [0.2, 0.25) is 0 Å². The Morgan fingerprint density at radius 1 is 1.09 bits per heavy atom. The second-order valence-electron chi connectivity index (χ2n) is 8.30. The van der Waals surface area contributed by atoms with E-state index in [9.17, 15) is 4.79 Å². The number of morpholine rings is 1. The van der Waals surface area contributed by atoms with Crippen molar-refractivity contribution in [3.8, 4) is 17.1 Å². The molecule has 0 N–H and O–H groups in total. The van der Waals surface area contributed by atoms with Gasteiger partial charge in [0.1, 0.15) is 12.3 Å². The van der Waals surface area contributed by atoms with E-state index in [4.69, 9.17) is 9.47 Å². The fraction of sp³-hybridized carbons (Fsp3) is 0.360. The number of rotatable bonds is 9. The van der Waals surface area contributed by atoms with E-state index in [1.165, 1.54) is 0 Å². The number of ether oxygens (including phenoxy) is 2. The van der Waals surface area contributed by atoms with E-state index in [1.54, 1.807) is 29.0 Å². The van der Waals surface area contributed by atoms with Crippen LogP contribution in [-0.4, -0.2) is 79.9 Å². The first-order chi connectivity index (χ1) is 17.2. The lowest BCUT2D eigenvalue weighted by Crippen LogP contribution is -2.38. The second kappa shape index (κ2) is 10.7. The number of hydrogen-bond acceptors (Lipinski definition) is 9. The van der Waals surface area contributed by atoms with Gasteiger partial charge >= 0.3 is 0 Å². The van der Waals surface area contributed by atoms with Crippen LogP contribution >= 0.6 is 0 Å². The predicted octanol–water partition coefficient (Wildman–Crippen LogP) is 2.48. The molecule has 1 aromatic carbocycles. The van der Waals surface area contributed by atoms with Crippen LogP contribution in [0.15, 0.2) is 48.8 Å². The third-order valence-corrected chi connectivity index (χ3v) is 5.89. The maximum Gasteiger partial charge on any atom is 0.182 e. The molecule has 10 heteroatoms. The maximum absolute atomic E-state index is 12.1. The summed E-state index contributed by atoms with van der Waals surface area (Å²) in [7, 11) is 0. The summed E-state index contributed by atoms with van der Waals surface area (Å²) in [6.45, 7) is 6.69. The molecule has 3 aromatic heterocycles. The minimum atomic E-state index is -0.0146. The lowest BCUT2D eigenvalue weighted by Gasteiger charge is -2.26. The van der Waals surface area contributed by atoms with Gasteiger partial charge in [-0.3, -0.25) is 9.69 Å². The Morgan fingerprint density at radius 2 is 1.91 bits per heavy atom. The molecule has 1 aliphatic heterocycles. The predicted molar refractivity (Wildman–Crippen MR) is 128 cm³/mol. The van der Waals surface area contributed by atoms with E-state index in [2.05, 4.69) is 30.2 Å². The van der Waals surface area contributed by atoms with Crippen LogP contribution in [0.1, 0.15) is 35.2 Å². The van der Waals surface area contributed by atoms with E-state index < -0.39 is 0 Å². The minimum absolute atomic E-state index is 0.0146. The summed E-state index contributed by atoms with van der Waals surface area (Å²) in [4.78, 5) is 23.4. The topological polar surface area (TPSA) is 108 Å². The van der Waals surface area contributed by atoms with Gasteiger partial charge in [-0.15, -0.1) is 10.2 Å². The molecule has 0 radical (unpaired) electrons. The summed E-state index contributed by atoms with van der Waals surface area (Å²) in [6.07, 6.45) is 4.32. The number of Topliss-reactive ketones (excluding diaryl/α,β-unsaturated/α-hetero) is 1.